The lowest BCUT2D eigenvalue weighted by Crippen LogP contribution is -2.15. The minimum absolute atomic E-state index is 0.00204. The van der Waals surface area contributed by atoms with E-state index in [2.05, 4.69) is 25.8 Å². The van der Waals surface area contributed by atoms with Crippen molar-refractivity contribution in [2.45, 2.75) is 38.0 Å². The molecule has 0 atom stereocenters. The number of rotatable bonds is 2. The molecule has 4 nitrogen and oxygen atoms in total. The van der Waals surface area contributed by atoms with Crippen LogP contribution in [0.15, 0.2) is 41.8 Å². The van der Waals surface area contributed by atoms with Crippen molar-refractivity contribution < 1.29 is 8.42 Å². The van der Waals surface area contributed by atoms with E-state index in [9.17, 15) is 8.42 Å². The van der Waals surface area contributed by atoms with Crippen LogP contribution in [0.25, 0.3) is 0 Å². The number of nitrogens with zero attached hydrogens (tertiary/aromatic N) is 2. The monoisotopic (exact) mass is 278 g/mol. The Balaban J connectivity index is 2.54. The molecule has 2 aromatic rings. The van der Waals surface area contributed by atoms with Crippen molar-refractivity contribution in [3.05, 3.63) is 48.0 Å². The molecular weight excluding hydrogens is 260 g/mol. The summed E-state index contributed by atoms with van der Waals surface area (Å²) >= 11 is 0. The van der Waals surface area contributed by atoms with Gasteiger partial charge in [-0.3, -0.25) is 0 Å². The minimum atomic E-state index is -3.53. The molecule has 0 fully saturated rings. The lowest BCUT2D eigenvalue weighted by molar-refractivity contribution is 0.581. The van der Waals surface area contributed by atoms with Crippen LogP contribution in [0.1, 0.15) is 31.9 Å². The molecule has 0 saturated carbocycles. The van der Waals surface area contributed by atoms with Gasteiger partial charge in [-0.05, 0) is 29.5 Å². The van der Waals surface area contributed by atoms with Crippen LogP contribution in [0.2, 0.25) is 0 Å². The fraction of sp³-hybridized carbons (Fsp3) is 0.357. The highest BCUT2D eigenvalue weighted by Crippen LogP contribution is 2.26. The summed E-state index contributed by atoms with van der Waals surface area (Å²) in [5.41, 5.74) is 1.87. The number of hydrogen-bond donors (Lipinski definition) is 0. The van der Waals surface area contributed by atoms with Gasteiger partial charge < -0.3 is 0 Å². The number of aryl methyl sites for hydroxylation is 1. The van der Waals surface area contributed by atoms with E-state index in [0.29, 0.717) is 4.90 Å². The summed E-state index contributed by atoms with van der Waals surface area (Å²) < 4.78 is 25.9. The van der Waals surface area contributed by atoms with E-state index in [1.165, 1.54) is 18.7 Å². The average Bonchev–Trinajstić information content (AvgIpc) is 2.81. The summed E-state index contributed by atoms with van der Waals surface area (Å²) in [4.78, 5) is 4.10. The van der Waals surface area contributed by atoms with Crippen LogP contribution in [-0.2, 0) is 15.4 Å². The van der Waals surface area contributed by atoms with Crippen molar-refractivity contribution in [3.63, 3.8) is 0 Å². The molecule has 0 bridgehead atoms. The van der Waals surface area contributed by atoms with Crippen molar-refractivity contribution in [1.29, 1.82) is 0 Å². The van der Waals surface area contributed by atoms with Gasteiger partial charge in [0.2, 0.25) is 0 Å². The van der Waals surface area contributed by atoms with Crippen molar-refractivity contribution >= 4 is 10.0 Å². The molecule has 0 aliphatic rings. The van der Waals surface area contributed by atoms with Gasteiger partial charge in [0.25, 0.3) is 10.0 Å². The fourth-order valence-electron chi connectivity index (χ4n) is 1.91. The van der Waals surface area contributed by atoms with Crippen LogP contribution in [-0.4, -0.2) is 17.4 Å². The van der Waals surface area contributed by atoms with Gasteiger partial charge in [0.1, 0.15) is 6.33 Å². The van der Waals surface area contributed by atoms with E-state index in [4.69, 9.17) is 0 Å². The van der Waals surface area contributed by atoms with E-state index in [0.717, 1.165) is 15.1 Å². The largest absolute Gasteiger partial charge is 0.269 e. The van der Waals surface area contributed by atoms with Gasteiger partial charge in [0.15, 0.2) is 0 Å². The van der Waals surface area contributed by atoms with E-state index in [1.54, 1.807) is 6.07 Å². The zero-order chi connectivity index (χ0) is 14.3. The maximum absolute atomic E-state index is 12.4. The first-order valence-electron chi connectivity index (χ1n) is 6.07. The Labute approximate surface area is 114 Å². The maximum atomic E-state index is 12.4. The molecule has 0 amide bonds. The van der Waals surface area contributed by atoms with Gasteiger partial charge in [-0.2, -0.15) is 0 Å². The summed E-state index contributed by atoms with van der Waals surface area (Å²) in [6, 6.07) is 5.48. The molecule has 102 valence electrons. The van der Waals surface area contributed by atoms with E-state index in [-0.39, 0.29) is 5.41 Å². The molecule has 1 heterocycles. The first-order valence-corrected chi connectivity index (χ1v) is 7.51. The topological polar surface area (TPSA) is 52.0 Å². The van der Waals surface area contributed by atoms with Gasteiger partial charge in [0.05, 0.1) is 4.90 Å². The zero-order valence-corrected chi connectivity index (χ0v) is 12.4. The first-order chi connectivity index (χ1) is 8.73. The maximum Gasteiger partial charge on any atom is 0.269 e. The highest BCUT2D eigenvalue weighted by Gasteiger charge is 2.21. The molecule has 0 aliphatic heterocycles. The Bertz CT molecular complexity index is 681. The van der Waals surface area contributed by atoms with E-state index >= 15 is 0 Å². The second-order valence-electron chi connectivity index (χ2n) is 5.63. The Kier molecular flexibility index (Phi) is 3.26. The summed E-state index contributed by atoms with van der Waals surface area (Å²) in [6.45, 7) is 8.13. The SMILES string of the molecule is Cc1cc(C(C)(C)C)ccc1S(=O)(=O)n1ccnc1. The molecule has 1 aromatic carbocycles. The van der Waals surface area contributed by atoms with E-state index in [1.807, 2.05) is 19.1 Å². The lowest BCUT2D eigenvalue weighted by atomic mass is 9.86. The molecule has 1 aromatic heterocycles. The number of aromatic nitrogens is 2. The van der Waals surface area contributed by atoms with Crippen LogP contribution in [0.5, 0.6) is 0 Å². The third kappa shape index (κ3) is 2.56. The molecule has 19 heavy (non-hydrogen) atoms. The van der Waals surface area contributed by atoms with E-state index < -0.39 is 10.0 Å². The number of hydrogen-bond acceptors (Lipinski definition) is 3. The standard InChI is InChI=1S/C14H18N2O2S/c1-11-9-12(14(2,3)4)5-6-13(11)19(17,18)16-8-7-15-10-16/h5-10H,1-4H3. The Morgan fingerprint density at radius 1 is 1.21 bits per heavy atom. The highest BCUT2D eigenvalue weighted by atomic mass is 32.2. The lowest BCUT2D eigenvalue weighted by Gasteiger charge is -2.20. The predicted octanol–water partition coefficient (Wildman–Crippen LogP) is 2.73. The number of benzene rings is 1. The smallest absolute Gasteiger partial charge is 0.244 e. The molecule has 0 radical (unpaired) electrons. The van der Waals surface area contributed by atoms with Crippen molar-refractivity contribution in [3.8, 4) is 0 Å². The normalized spacial score (nSPS) is 12.6. The molecule has 0 unspecified atom stereocenters. The third-order valence-corrected chi connectivity index (χ3v) is 4.86. The summed E-state index contributed by atoms with van der Waals surface area (Å²) in [5, 5.41) is 0. The summed E-state index contributed by atoms with van der Waals surface area (Å²) in [6.07, 6.45) is 4.19. The van der Waals surface area contributed by atoms with Crippen molar-refractivity contribution in [1.82, 2.24) is 8.96 Å². The van der Waals surface area contributed by atoms with Crippen LogP contribution in [0.4, 0.5) is 0 Å². The predicted molar refractivity (Wildman–Crippen MR) is 74.7 cm³/mol. The molecular formula is C14H18N2O2S. The highest BCUT2D eigenvalue weighted by molar-refractivity contribution is 7.90. The first kappa shape index (κ1) is 13.8. The molecule has 2 rings (SSSR count). The van der Waals surface area contributed by atoms with Crippen LogP contribution in [0.3, 0.4) is 0 Å². The van der Waals surface area contributed by atoms with Crippen molar-refractivity contribution in [2.75, 3.05) is 0 Å². The van der Waals surface area contributed by atoms with Crippen LogP contribution in [0, 0.1) is 6.92 Å². The third-order valence-electron chi connectivity index (χ3n) is 3.08. The minimum Gasteiger partial charge on any atom is -0.244 e. The Hall–Kier alpha value is -1.62. The fourth-order valence-corrected chi connectivity index (χ4v) is 3.23. The van der Waals surface area contributed by atoms with Gasteiger partial charge in [-0.25, -0.2) is 17.4 Å². The quantitative estimate of drug-likeness (QED) is 0.848. The van der Waals surface area contributed by atoms with Gasteiger partial charge >= 0.3 is 0 Å². The second-order valence-corrected chi connectivity index (χ2v) is 7.44. The zero-order valence-electron chi connectivity index (χ0n) is 11.6. The van der Waals surface area contributed by atoms with Gasteiger partial charge in [0, 0.05) is 12.4 Å². The Morgan fingerprint density at radius 3 is 2.37 bits per heavy atom. The molecule has 0 N–H and O–H groups in total. The Morgan fingerprint density at radius 2 is 1.89 bits per heavy atom. The van der Waals surface area contributed by atoms with Crippen LogP contribution < -0.4 is 0 Å². The summed E-state index contributed by atoms with van der Waals surface area (Å²) in [7, 11) is -3.53. The molecule has 0 aliphatic carbocycles. The molecule has 0 spiro atoms. The second kappa shape index (κ2) is 4.49. The molecule has 5 heteroatoms. The molecule has 0 saturated heterocycles. The average molecular weight is 278 g/mol. The van der Waals surface area contributed by atoms with Gasteiger partial charge in [-0.15, -0.1) is 0 Å². The number of imidazole rings is 1. The van der Waals surface area contributed by atoms with Gasteiger partial charge in [-0.1, -0.05) is 32.9 Å². The van der Waals surface area contributed by atoms with Crippen molar-refractivity contribution in [2.24, 2.45) is 0 Å². The van der Waals surface area contributed by atoms with Crippen LogP contribution >= 0.6 is 0 Å². The summed E-state index contributed by atoms with van der Waals surface area (Å²) in [5.74, 6) is 0.